The lowest BCUT2D eigenvalue weighted by molar-refractivity contribution is -0.0910. The van der Waals surface area contributed by atoms with Crippen LogP contribution in [0.2, 0.25) is 0 Å². The van der Waals surface area contributed by atoms with Gasteiger partial charge in [0.25, 0.3) is 0 Å². The fraction of sp³-hybridized carbons (Fsp3) is 0.333. The van der Waals surface area contributed by atoms with Gasteiger partial charge in [-0.15, -0.1) is 0 Å². The van der Waals surface area contributed by atoms with E-state index < -0.39 is 19.4 Å². The van der Waals surface area contributed by atoms with Crippen molar-refractivity contribution >= 4 is 35.2 Å². The van der Waals surface area contributed by atoms with Crippen LogP contribution in [-0.4, -0.2) is 44.7 Å². The molecule has 1 atom stereocenters. The number of halogens is 2. The summed E-state index contributed by atoms with van der Waals surface area (Å²) in [4.78, 5) is 26.6. The maximum atomic E-state index is 13.6. The Kier molecular flexibility index (Phi) is 7.99. The number of alkyl halides is 2. The van der Waals surface area contributed by atoms with Crippen LogP contribution in [0, 0.1) is 13.8 Å². The average Bonchev–Trinajstić information content (AvgIpc) is 2.85. The second-order valence-electron chi connectivity index (χ2n) is 9.34. The lowest BCUT2D eigenvalue weighted by atomic mass is 9.99. The number of nitrogens with two attached hydrogens (primary N) is 1. The lowest BCUT2D eigenvalue weighted by Crippen LogP contribution is -2.34. The summed E-state index contributed by atoms with van der Waals surface area (Å²) in [6, 6.07) is 13.8. The van der Waals surface area contributed by atoms with E-state index in [1.165, 1.54) is 0 Å². The minimum absolute atomic E-state index is 0.0470. The molecule has 0 spiro atoms. The fourth-order valence-electron chi connectivity index (χ4n) is 4.24. The van der Waals surface area contributed by atoms with Crippen molar-refractivity contribution in [1.29, 1.82) is 0 Å². The number of ether oxygens (including phenoxy) is 2. The number of benzene rings is 2. The number of hydrogen-bond donors (Lipinski definition) is 3. The first-order valence-corrected chi connectivity index (χ1v) is 13.7. The molecule has 38 heavy (non-hydrogen) atoms. The van der Waals surface area contributed by atoms with Crippen molar-refractivity contribution in [3.05, 3.63) is 70.9 Å². The van der Waals surface area contributed by atoms with Gasteiger partial charge >= 0.3 is 13.3 Å². The van der Waals surface area contributed by atoms with Gasteiger partial charge in [0.15, 0.2) is 5.82 Å². The van der Waals surface area contributed by atoms with Gasteiger partial charge < -0.3 is 25.0 Å². The van der Waals surface area contributed by atoms with Gasteiger partial charge in [0.05, 0.1) is 12.1 Å². The van der Waals surface area contributed by atoms with Crippen molar-refractivity contribution in [3.63, 3.8) is 0 Å². The molecule has 4 N–H and O–H groups in total. The number of anilines is 1. The number of aromatic nitrogens is 2. The molecule has 0 bridgehead atoms. The summed E-state index contributed by atoms with van der Waals surface area (Å²) in [5.74, 6) is 0.952. The van der Waals surface area contributed by atoms with E-state index in [0.29, 0.717) is 17.1 Å². The van der Waals surface area contributed by atoms with Crippen LogP contribution in [-0.2, 0) is 22.1 Å². The number of pyridine rings is 2. The molecule has 0 saturated carbocycles. The molecule has 0 radical (unpaired) electrons. The second-order valence-corrected chi connectivity index (χ2v) is 11.0. The first-order chi connectivity index (χ1) is 17.9. The molecule has 2 heterocycles. The van der Waals surface area contributed by atoms with Crippen molar-refractivity contribution < 1.29 is 32.6 Å². The van der Waals surface area contributed by atoms with Crippen LogP contribution in [0.3, 0.4) is 0 Å². The predicted molar refractivity (Wildman–Crippen MR) is 143 cm³/mol. The number of hydrogen-bond acceptors (Lipinski definition) is 6. The van der Waals surface area contributed by atoms with E-state index in [-0.39, 0.29) is 13.2 Å². The Bertz CT molecular complexity index is 1530. The zero-order valence-corrected chi connectivity index (χ0v) is 22.2. The smallest absolute Gasteiger partial charge is 0.397 e. The summed E-state index contributed by atoms with van der Waals surface area (Å²) in [6.07, 6.45) is 1.41. The largest absolute Gasteiger partial charge is 0.491 e. The molecule has 2 aromatic carbocycles. The highest BCUT2D eigenvalue weighted by Gasteiger charge is 2.54. The van der Waals surface area contributed by atoms with Crippen molar-refractivity contribution in [2.24, 2.45) is 0 Å². The molecule has 11 heteroatoms. The summed E-state index contributed by atoms with van der Waals surface area (Å²) < 4.78 is 48.6. The third-order valence-corrected chi connectivity index (χ3v) is 7.61. The lowest BCUT2D eigenvalue weighted by Gasteiger charge is -2.24. The molecule has 0 amide bonds. The van der Waals surface area contributed by atoms with Crippen LogP contribution >= 0.6 is 7.60 Å². The summed E-state index contributed by atoms with van der Waals surface area (Å²) in [5, 5.41) is 1.98. The molecule has 202 valence electrons. The third-order valence-electron chi connectivity index (χ3n) is 6.47. The Morgan fingerprint density at radius 1 is 1.05 bits per heavy atom. The number of aryl methyl sites for hydroxylation is 4. The van der Waals surface area contributed by atoms with Crippen LogP contribution in [0.4, 0.5) is 14.6 Å². The van der Waals surface area contributed by atoms with E-state index >= 15 is 0 Å². The topological polar surface area (TPSA) is 128 Å². The summed E-state index contributed by atoms with van der Waals surface area (Å²) in [7, 11) is -5.61. The van der Waals surface area contributed by atoms with E-state index in [0.717, 1.165) is 58.3 Å². The minimum Gasteiger partial charge on any atom is -0.491 e. The molecule has 0 aliphatic carbocycles. The van der Waals surface area contributed by atoms with Gasteiger partial charge in [0.2, 0.25) is 0 Å². The Hall–Kier alpha value is -3.17. The van der Waals surface area contributed by atoms with Gasteiger partial charge in [-0.25, -0.2) is 4.98 Å². The highest BCUT2D eigenvalue weighted by molar-refractivity contribution is 7.53. The molecule has 8 nitrogen and oxygen atoms in total. The van der Waals surface area contributed by atoms with Crippen molar-refractivity contribution in [2.75, 3.05) is 18.9 Å². The normalized spacial score (nSPS) is 13.2. The Morgan fingerprint density at radius 3 is 2.53 bits per heavy atom. The van der Waals surface area contributed by atoms with Gasteiger partial charge in [-0.05, 0) is 80.1 Å². The summed E-state index contributed by atoms with van der Waals surface area (Å²) in [5.41, 5.74) is 7.74. The van der Waals surface area contributed by atoms with Gasteiger partial charge in [0.1, 0.15) is 24.0 Å². The van der Waals surface area contributed by atoms with Crippen LogP contribution in [0.5, 0.6) is 5.75 Å². The highest BCUT2D eigenvalue weighted by atomic mass is 31.2. The average molecular weight is 546 g/mol. The predicted octanol–water partition coefficient (Wildman–Crippen LogP) is 5.32. The van der Waals surface area contributed by atoms with Gasteiger partial charge in [0, 0.05) is 17.0 Å². The maximum absolute atomic E-state index is 13.6. The van der Waals surface area contributed by atoms with E-state index in [2.05, 4.69) is 16.0 Å². The zero-order chi connectivity index (χ0) is 27.7. The molecule has 0 fully saturated rings. The molecule has 4 rings (SSSR count). The number of nitrogen functional groups attached to an aromatic ring is 1. The van der Waals surface area contributed by atoms with Crippen LogP contribution in [0.15, 0.2) is 48.7 Å². The van der Waals surface area contributed by atoms with E-state index in [1.54, 1.807) is 6.07 Å². The van der Waals surface area contributed by atoms with Crippen molar-refractivity contribution in [3.8, 4) is 5.75 Å². The monoisotopic (exact) mass is 545 g/mol. The fourth-order valence-corrected chi connectivity index (χ4v) is 4.79. The number of fused-ring (bicyclic) bond motifs is 3. The summed E-state index contributed by atoms with van der Waals surface area (Å²) >= 11 is 0. The maximum Gasteiger partial charge on any atom is 0.397 e. The van der Waals surface area contributed by atoms with Crippen molar-refractivity contribution in [1.82, 2.24) is 9.97 Å². The van der Waals surface area contributed by atoms with E-state index in [4.69, 9.17) is 25.0 Å². The molecule has 0 aliphatic heterocycles. The zero-order valence-electron chi connectivity index (χ0n) is 21.3. The third kappa shape index (κ3) is 5.94. The van der Waals surface area contributed by atoms with Gasteiger partial charge in [-0.3, -0.25) is 9.55 Å². The van der Waals surface area contributed by atoms with E-state index in [1.807, 2.05) is 50.4 Å². The Morgan fingerprint density at radius 2 is 1.82 bits per heavy atom. The quantitative estimate of drug-likeness (QED) is 0.139. The molecular weight excluding hydrogens is 515 g/mol. The Balaban J connectivity index is 1.37. The van der Waals surface area contributed by atoms with Gasteiger partial charge in [-0.2, -0.15) is 8.78 Å². The highest BCUT2D eigenvalue weighted by Crippen LogP contribution is 2.55. The standard InChI is InChI=1S/C27H30F2N3O5P/c1-16-4-9-22-23-14-19(15-31-25(23)26(30)32-24(22)12-16)5-6-20-7-8-21(13-17(20)2)37-11-10-36-18(3)27(28,29)38(33,34)35/h4,7-9,12-15,18H,5-6,10-11H2,1-3H3,(H2,30,32)(H2,33,34,35). The molecular formula is C27H30F2N3O5P. The molecule has 1 unspecified atom stereocenters. The van der Waals surface area contributed by atoms with Crippen LogP contribution < -0.4 is 10.5 Å². The second kappa shape index (κ2) is 10.9. The molecule has 2 aromatic heterocycles. The summed E-state index contributed by atoms with van der Waals surface area (Å²) in [6.45, 7) is 4.59. The first kappa shape index (κ1) is 27.9. The van der Waals surface area contributed by atoms with Crippen molar-refractivity contribution in [2.45, 2.75) is 45.4 Å². The molecule has 4 aromatic rings. The minimum atomic E-state index is -5.61. The molecule has 0 aliphatic rings. The van der Waals surface area contributed by atoms with Gasteiger partial charge in [-0.1, -0.05) is 18.2 Å². The SMILES string of the molecule is Cc1ccc2c(c1)nc(N)c1ncc(CCc3ccc(OCCOC(C)C(F)(F)P(=O)(O)O)cc3C)cc12. The first-order valence-electron chi connectivity index (χ1n) is 12.1. The number of rotatable bonds is 10. The van der Waals surface area contributed by atoms with E-state index in [9.17, 15) is 13.3 Å². The van der Waals surface area contributed by atoms with Crippen LogP contribution in [0.25, 0.3) is 21.8 Å². The number of nitrogens with zero attached hydrogens (tertiary/aromatic N) is 2. The Labute approximate surface area is 219 Å². The molecule has 0 saturated heterocycles. The van der Waals surface area contributed by atoms with Crippen LogP contribution in [0.1, 0.15) is 29.2 Å².